The molecule has 1 N–H and O–H groups in total. The van der Waals surface area contributed by atoms with E-state index in [1.165, 1.54) is 12.1 Å². The molecule has 1 amide bonds. The number of nitrogens with one attached hydrogen (secondary N) is 1. The molecule has 0 saturated heterocycles. The highest BCUT2D eigenvalue weighted by Gasteiger charge is 2.19. The molecule has 0 fully saturated rings. The Kier molecular flexibility index (Phi) is 4.61. The van der Waals surface area contributed by atoms with Crippen molar-refractivity contribution in [2.75, 3.05) is 6.54 Å². The van der Waals surface area contributed by atoms with Gasteiger partial charge in [0.15, 0.2) is 0 Å². The van der Waals surface area contributed by atoms with Crippen LogP contribution in [0.1, 0.15) is 22.7 Å². The van der Waals surface area contributed by atoms with Gasteiger partial charge in [-0.25, -0.2) is 0 Å². The third-order valence-electron chi connectivity index (χ3n) is 3.29. The van der Waals surface area contributed by atoms with Crippen molar-refractivity contribution in [3.8, 4) is 0 Å². The summed E-state index contributed by atoms with van der Waals surface area (Å²) < 4.78 is 0. The number of hydrogen-bond acceptors (Lipinski definition) is 4. The van der Waals surface area contributed by atoms with Crippen LogP contribution in [-0.4, -0.2) is 22.9 Å². The summed E-state index contributed by atoms with van der Waals surface area (Å²) in [4.78, 5) is 25.3. The maximum absolute atomic E-state index is 10.8. The highest BCUT2D eigenvalue weighted by molar-refractivity contribution is 5.48. The van der Waals surface area contributed by atoms with Crippen molar-refractivity contribution >= 4 is 12.1 Å². The van der Waals surface area contributed by atoms with E-state index < -0.39 is 4.92 Å². The number of carbonyl (C=O) groups is 1. The summed E-state index contributed by atoms with van der Waals surface area (Å²) in [6, 6.07) is 10.3. The first kappa shape index (κ1) is 14.6. The molecule has 1 atom stereocenters. The average molecular weight is 285 g/mol. The molecule has 0 aliphatic carbocycles. The Labute approximate surface area is 122 Å². The van der Waals surface area contributed by atoms with Crippen LogP contribution in [0.4, 0.5) is 5.69 Å². The lowest BCUT2D eigenvalue weighted by molar-refractivity contribution is -0.384. The molecule has 2 aromatic rings. The predicted octanol–water partition coefficient (Wildman–Crippen LogP) is 2.18. The van der Waals surface area contributed by atoms with Gasteiger partial charge in [0, 0.05) is 36.5 Å². The van der Waals surface area contributed by atoms with Crippen LogP contribution in [0.15, 0.2) is 42.6 Å². The van der Waals surface area contributed by atoms with E-state index >= 15 is 0 Å². The highest BCUT2D eigenvalue weighted by Crippen LogP contribution is 2.27. The number of rotatable bonds is 6. The van der Waals surface area contributed by atoms with Gasteiger partial charge in [-0.05, 0) is 30.2 Å². The molecule has 21 heavy (non-hydrogen) atoms. The molecule has 0 aliphatic heterocycles. The number of aryl methyl sites for hydroxylation is 1. The summed E-state index contributed by atoms with van der Waals surface area (Å²) in [5, 5.41) is 13.5. The number of non-ortho nitro benzene ring substituents is 1. The summed E-state index contributed by atoms with van der Waals surface area (Å²) in [6.45, 7) is 2.21. The molecule has 1 heterocycles. The summed E-state index contributed by atoms with van der Waals surface area (Å²) in [7, 11) is 0. The molecule has 1 aromatic heterocycles. The quantitative estimate of drug-likeness (QED) is 0.501. The topological polar surface area (TPSA) is 85.1 Å². The summed E-state index contributed by atoms with van der Waals surface area (Å²) in [5.74, 6) is -0.141. The van der Waals surface area contributed by atoms with Gasteiger partial charge in [-0.2, -0.15) is 0 Å². The van der Waals surface area contributed by atoms with Crippen molar-refractivity contribution in [3.05, 3.63) is 69.5 Å². The van der Waals surface area contributed by atoms with Gasteiger partial charge < -0.3 is 5.32 Å². The fraction of sp³-hybridized carbons (Fsp3) is 0.200. The molecule has 6 nitrogen and oxygen atoms in total. The number of nitro groups is 1. The molecule has 1 aromatic carbocycles. The van der Waals surface area contributed by atoms with E-state index in [2.05, 4.69) is 10.3 Å². The molecule has 0 bridgehead atoms. The first-order chi connectivity index (χ1) is 10.1. The van der Waals surface area contributed by atoms with E-state index in [1.54, 1.807) is 12.3 Å². The van der Waals surface area contributed by atoms with Gasteiger partial charge in [-0.3, -0.25) is 19.9 Å². The number of aromatic nitrogens is 1. The Hall–Kier alpha value is -2.76. The van der Waals surface area contributed by atoms with Gasteiger partial charge in [-0.1, -0.05) is 12.1 Å². The van der Waals surface area contributed by atoms with Gasteiger partial charge in [-0.15, -0.1) is 0 Å². The van der Waals surface area contributed by atoms with Gasteiger partial charge >= 0.3 is 0 Å². The Morgan fingerprint density at radius 3 is 2.76 bits per heavy atom. The molecule has 108 valence electrons. The van der Waals surface area contributed by atoms with Crippen LogP contribution in [-0.2, 0) is 4.79 Å². The minimum absolute atomic E-state index is 0.0550. The molecule has 0 spiro atoms. The fourth-order valence-corrected chi connectivity index (χ4v) is 2.29. The predicted molar refractivity (Wildman–Crippen MR) is 78.0 cm³/mol. The monoisotopic (exact) mass is 285 g/mol. The Morgan fingerprint density at radius 1 is 1.38 bits per heavy atom. The number of amides is 1. The second kappa shape index (κ2) is 6.60. The molecule has 0 radical (unpaired) electrons. The summed E-state index contributed by atoms with van der Waals surface area (Å²) in [6.07, 6.45) is 2.32. The lowest BCUT2D eigenvalue weighted by atomic mass is 9.91. The Bertz CT molecular complexity index is 644. The van der Waals surface area contributed by atoms with Crippen molar-refractivity contribution < 1.29 is 9.72 Å². The average Bonchev–Trinajstić information content (AvgIpc) is 2.50. The smallest absolute Gasteiger partial charge is 0.269 e. The molecule has 0 saturated carbocycles. The van der Waals surface area contributed by atoms with Crippen LogP contribution in [0.2, 0.25) is 0 Å². The summed E-state index contributed by atoms with van der Waals surface area (Å²) in [5.41, 5.74) is 2.57. The van der Waals surface area contributed by atoms with Crippen LogP contribution in [0.25, 0.3) is 0 Å². The fourth-order valence-electron chi connectivity index (χ4n) is 2.29. The van der Waals surface area contributed by atoms with Crippen molar-refractivity contribution in [2.24, 2.45) is 0 Å². The molecule has 6 heteroatoms. The number of nitrogens with zero attached hydrogens (tertiary/aromatic N) is 2. The number of hydrogen-bond donors (Lipinski definition) is 1. The van der Waals surface area contributed by atoms with E-state index in [0.717, 1.165) is 16.8 Å². The lowest BCUT2D eigenvalue weighted by Crippen LogP contribution is -2.22. The maximum Gasteiger partial charge on any atom is 0.269 e. The summed E-state index contributed by atoms with van der Waals surface area (Å²) >= 11 is 0. The molecule has 1 unspecified atom stereocenters. The standard InChI is InChI=1S/C15H15N3O3/c1-11-8-12(18(20)21)5-6-13(11)14(9-16-10-19)15-4-2-3-7-17-15/h2-8,10,14H,9H2,1H3,(H,16,19). The zero-order chi connectivity index (χ0) is 15.2. The van der Waals surface area contributed by atoms with Gasteiger partial charge in [0.2, 0.25) is 6.41 Å². The highest BCUT2D eigenvalue weighted by atomic mass is 16.6. The Morgan fingerprint density at radius 2 is 2.19 bits per heavy atom. The lowest BCUT2D eigenvalue weighted by Gasteiger charge is -2.18. The molecular weight excluding hydrogens is 270 g/mol. The SMILES string of the molecule is Cc1cc([N+](=O)[O-])ccc1C(CNC=O)c1ccccn1. The zero-order valence-electron chi connectivity index (χ0n) is 11.5. The number of carbonyl (C=O) groups excluding carboxylic acids is 1. The van der Waals surface area contributed by atoms with Gasteiger partial charge in [0.25, 0.3) is 5.69 Å². The number of benzene rings is 1. The molecular formula is C15H15N3O3. The van der Waals surface area contributed by atoms with Crippen molar-refractivity contribution in [3.63, 3.8) is 0 Å². The van der Waals surface area contributed by atoms with Crippen LogP contribution >= 0.6 is 0 Å². The van der Waals surface area contributed by atoms with E-state index in [-0.39, 0.29) is 11.6 Å². The van der Waals surface area contributed by atoms with Crippen molar-refractivity contribution in [2.45, 2.75) is 12.8 Å². The third-order valence-corrected chi connectivity index (χ3v) is 3.29. The van der Waals surface area contributed by atoms with E-state index in [4.69, 9.17) is 0 Å². The third kappa shape index (κ3) is 3.42. The molecule has 0 aliphatic rings. The van der Waals surface area contributed by atoms with Gasteiger partial charge in [0.05, 0.1) is 4.92 Å². The van der Waals surface area contributed by atoms with Crippen LogP contribution < -0.4 is 5.32 Å². The van der Waals surface area contributed by atoms with E-state index in [1.807, 2.05) is 25.1 Å². The van der Waals surface area contributed by atoms with Crippen molar-refractivity contribution in [1.29, 1.82) is 0 Å². The van der Waals surface area contributed by atoms with Crippen LogP contribution in [0, 0.1) is 17.0 Å². The first-order valence-electron chi connectivity index (χ1n) is 6.46. The minimum Gasteiger partial charge on any atom is -0.358 e. The van der Waals surface area contributed by atoms with Crippen molar-refractivity contribution in [1.82, 2.24) is 10.3 Å². The normalized spacial score (nSPS) is 11.7. The maximum atomic E-state index is 10.8. The largest absolute Gasteiger partial charge is 0.358 e. The minimum atomic E-state index is -0.420. The van der Waals surface area contributed by atoms with Crippen LogP contribution in [0.5, 0.6) is 0 Å². The second-order valence-corrected chi connectivity index (χ2v) is 4.63. The van der Waals surface area contributed by atoms with E-state index in [0.29, 0.717) is 13.0 Å². The first-order valence-corrected chi connectivity index (χ1v) is 6.46. The Balaban J connectivity index is 2.41. The molecule has 2 rings (SSSR count). The number of nitro benzene ring substituents is 1. The zero-order valence-corrected chi connectivity index (χ0v) is 11.5. The van der Waals surface area contributed by atoms with Gasteiger partial charge in [0.1, 0.15) is 0 Å². The second-order valence-electron chi connectivity index (χ2n) is 4.63. The number of pyridine rings is 1. The van der Waals surface area contributed by atoms with Crippen LogP contribution in [0.3, 0.4) is 0 Å². The van der Waals surface area contributed by atoms with E-state index in [9.17, 15) is 14.9 Å².